The summed E-state index contributed by atoms with van der Waals surface area (Å²) in [5, 5.41) is 0. The number of rotatable bonds is 1. The molecule has 2 atom stereocenters. The van der Waals surface area contributed by atoms with E-state index < -0.39 is 0 Å². The van der Waals surface area contributed by atoms with Crippen LogP contribution in [0.5, 0.6) is 0 Å². The van der Waals surface area contributed by atoms with Gasteiger partial charge in [-0.1, -0.05) is 42.5 Å². The highest BCUT2D eigenvalue weighted by Crippen LogP contribution is 2.78. The number of ether oxygens (including phenoxy) is 1. The van der Waals surface area contributed by atoms with Crippen molar-refractivity contribution in [1.29, 1.82) is 0 Å². The monoisotopic (exact) mass is 290 g/mol. The van der Waals surface area contributed by atoms with Gasteiger partial charge in [0.15, 0.2) is 0 Å². The molecule has 0 saturated heterocycles. The predicted molar refractivity (Wildman–Crippen MR) is 85.2 cm³/mol. The van der Waals surface area contributed by atoms with Gasteiger partial charge >= 0.3 is 5.97 Å². The fourth-order valence-corrected chi connectivity index (χ4v) is 5.27. The molecule has 0 bridgehead atoms. The van der Waals surface area contributed by atoms with Crippen molar-refractivity contribution >= 4 is 5.97 Å². The molecule has 0 aromatic rings. The Morgan fingerprint density at radius 1 is 1.09 bits per heavy atom. The summed E-state index contributed by atoms with van der Waals surface area (Å²) in [6, 6.07) is 10.4. The van der Waals surface area contributed by atoms with Gasteiger partial charge in [0.1, 0.15) is 0 Å². The average molecular weight is 290 g/mol. The van der Waals surface area contributed by atoms with Crippen molar-refractivity contribution < 1.29 is 9.53 Å². The molecule has 5 aliphatic rings. The SMILES string of the molecule is COC(=O)c1c2cccccc-2c2c1C[C@@]13CC=CC[C@@]21C3. The summed E-state index contributed by atoms with van der Waals surface area (Å²) in [7, 11) is 1.48. The van der Waals surface area contributed by atoms with Crippen molar-refractivity contribution in [2.75, 3.05) is 7.11 Å². The number of hydrogen-bond acceptors (Lipinski definition) is 2. The first kappa shape index (κ1) is 12.5. The van der Waals surface area contributed by atoms with Crippen LogP contribution < -0.4 is 0 Å². The van der Waals surface area contributed by atoms with Gasteiger partial charge in [0.05, 0.1) is 12.7 Å². The second-order valence-corrected chi connectivity index (χ2v) is 7.05. The van der Waals surface area contributed by atoms with Crippen LogP contribution in [-0.2, 0) is 16.6 Å². The third-order valence-corrected chi connectivity index (χ3v) is 6.24. The van der Waals surface area contributed by atoms with Gasteiger partial charge in [-0.25, -0.2) is 4.79 Å². The van der Waals surface area contributed by atoms with Crippen molar-refractivity contribution in [3.8, 4) is 11.1 Å². The lowest BCUT2D eigenvalue weighted by molar-refractivity contribution is 0.0600. The Labute approximate surface area is 130 Å². The highest BCUT2D eigenvalue weighted by Gasteiger charge is 2.72. The number of carbonyl (C=O) groups excluding carboxylic acids is 1. The molecule has 2 heteroatoms. The highest BCUT2D eigenvalue weighted by molar-refractivity contribution is 6.03. The van der Waals surface area contributed by atoms with Crippen molar-refractivity contribution in [2.24, 2.45) is 5.41 Å². The average Bonchev–Trinajstić information content (AvgIpc) is 3.08. The van der Waals surface area contributed by atoms with Crippen molar-refractivity contribution in [2.45, 2.75) is 31.1 Å². The summed E-state index contributed by atoms with van der Waals surface area (Å²) >= 11 is 0. The summed E-state index contributed by atoms with van der Waals surface area (Å²) < 4.78 is 5.10. The Hall–Kier alpha value is -2.09. The van der Waals surface area contributed by atoms with Crippen LogP contribution in [-0.4, -0.2) is 13.1 Å². The molecule has 0 amide bonds. The zero-order chi connectivity index (χ0) is 14.9. The molecule has 1 fully saturated rings. The number of fused-ring (bicyclic) bond motifs is 3. The molecular formula is C20H18O2. The van der Waals surface area contributed by atoms with Gasteiger partial charge in [0.25, 0.3) is 0 Å². The largest absolute Gasteiger partial charge is 0.465 e. The third kappa shape index (κ3) is 1.22. The Balaban J connectivity index is 1.84. The molecule has 0 N–H and O–H groups in total. The molecule has 0 spiro atoms. The van der Waals surface area contributed by atoms with Crippen LogP contribution in [0.25, 0.3) is 11.1 Å². The molecule has 0 aromatic carbocycles. The summed E-state index contributed by atoms with van der Waals surface area (Å²) in [5.41, 5.74) is 6.53. The standard InChI is InChI=1S/C20H18O2/c1-22-18(21)16-13-7-3-2-4-8-14(13)17-15(16)11-19-9-5-6-10-20(17,19)12-19/h2-8H,9-12H2,1H3/t19-,20-/m1/s1. The summed E-state index contributed by atoms with van der Waals surface area (Å²) in [5.74, 6) is -0.184. The van der Waals surface area contributed by atoms with Crippen LogP contribution >= 0.6 is 0 Å². The molecule has 110 valence electrons. The van der Waals surface area contributed by atoms with E-state index in [1.807, 2.05) is 12.1 Å². The van der Waals surface area contributed by atoms with Crippen molar-refractivity contribution in [3.05, 3.63) is 59.2 Å². The third-order valence-electron chi connectivity index (χ3n) is 6.24. The van der Waals surface area contributed by atoms with Gasteiger partial charge in [-0.3, -0.25) is 0 Å². The molecule has 1 saturated carbocycles. The minimum absolute atomic E-state index is 0.184. The van der Waals surface area contributed by atoms with Crippen LogP contribution in [0.15, 0.2) is 42.5 Å². The summed E-state index contributed by atoms with van der Waals surface area (Å²) in [6.45, 7) is 0. The van der Waals surface area contributed by atoms with E-state index >= 15 is 0 Å². The highest BCUT2D eigenvalue weighted by atomic mass is 16.5. The maximum absolute atomic E-state index is 12.4. The van der Waals surface area contributed by atoms with E-state index in [0.29, 0.717) is 5.41 Å². The van der Waals surface area contributed by atoms with E-state index in [0.717, 1.165) is 30.4 Å². The maximum atomic E-state index is 12.4. The van der Waals surface area contributed by atoms with Crippen LogP contribution in [0, 0.1) is 5.41 Å². The maximum Gasteiger partial charge on any atom is 0.338 e. The molecule has 0 heterocycles. The normalized spacial score (nSPS) is 30.6. The van der Waals surface area contributed by atoms with E-state index in [2.05, 4.69) is 30.4 Å². The Bertz CT molecular complexity index is 819. The molecule has 5 aliphatic carbocycles. The topological polar surface area (TPSA) is 26.3 Å². The Kier molecular flexibility index (Phi) is 2.16. The fourth-order valence-electron chi connectivity index (χ4n) is 5.27. The molecular weight excluding hydrogens is 272 g/mol. The van der Waals surface area contributed by atoms with Gasteiger partial charge in [-0.05, 0) is 53.4 Å². The van der Waals surface area contributed by atoms with E-state index in [-0.39, 0.29) is 11.4 Å². The lowest BCUT2D eigenvalue weighted by Gasteiger charge is -2.22. The van der Waals surface area contributed by atoms with Crippen LogP contribution in [0.2, 0.25) is 0 Å². The van der Waals surface area contributed by atoms with Gasteiger partial charge in [0.2, 0.25) is 0 Å². The van der Waals surface area contributed by atoms with Crippen LogP contribution in [0.3, 0.4) is 0 Å². The van der Waals surface area contributed by atoms with Gasteiger partial charge in [0, 0.05) is 5.41 Å². The lowest BCUT2D eigenvalue weighted by atomic mass is 9.82. The van der Waals surface area contributed by atoms with Gasteiger partial charge < -0.3 is 4.74 Å². The number of hydrogen-bond donors (Lipinski definition) is 0. The van der Waals surface area contributed by atoms with Gasteiger partial charge in [-0.15, -0.1) is 0 Å². The quantitative estimate of drug-likeness (QED) is 0.583. The minimum atomic E-state index is -0.184. The van der Waals surface area contributed by atoms with Crippen molar-refractivity contribution in [3.63, 3.8) is 0 Å². The molecule has 22 heavy (non-hydrogen) atoms. The van der Waals surface area contributed by atoms with Gasteiger partial charge in [-0.2, -0.15) is 0 Å². The predicted octanol–water partition coefficient (Wildman–Crippen LogP) is 4.11. The number of esters is 1. The van der Waals surface area contributed by atoms with E-state index in [1.165, 1.54) is 30.2 Å². The molecule has 2 nitrogen and oxygen atoms in total. The second-order valence-electron chi connectivity index (χ2n) is 7.05. The fraction of sp³-hybridized carbons (Fsp3) is 0.350. The Morgan fingerprint density at radius 2 is 1.86 bits per heavy atom. The summed E-state index contributed by atoms with van der Waals surface area (Å²) in [4.78, 5) is 12.4. The minimum Gasteiger partial charge on any atom is -0.465 e. The van der Waals surface area contributed by atoms with E-state index in [9.17, 15) is 4.79 Å². The number of allylic oxidation sites excluding steroid dienone is 2. The zero-order valence-corrected chi connectivity index (χ0v) is 12.7. The molecule has 5 rings (SSSR count). The molecule has 0 aromatic heterocycles. The van der Waals surface area contributed by atoms with Crippen LogP contribution in [0.1, 0.15) is 40.7 Å². The Morgan fingerprint density at radius 3 is 2.68 bits per heavy atom. The van der Waals surface area contributed by atoms with Crippen LogP contribution in [0.4, 0.5) is 0 Å². The smallest absolute Gasteiger partial charge is 0.338 e. The molecule has 0 aliphatic heterocycles. The second kappa shape index (κ2) is 3.81. The summed E-state index contributed by atoms with van der Waals surface area (Å²) in [6.07, 6.45) is 9.26. The zero-order valence-electron chi connectivity index (χ0n) is 12.7. The van der Waals surface area contributed by atoms with Crippen molar-refractivity contribution in [1.82, 2.24) is 0 Å². The first-order valence-corrected chi connectivity index (χ1v) is 8.00. The molecule has 0 radical (unpaired) electrons. The van der Waals surface area contributed by atoms with E-state index in [4.69, 9.17) is 4.74 Å². The first-order valence-electron chi connectivity index (χ1n) is 8.00. The number of methoxy groups -OCH3 is 1. The number of carbonyl (C=O) groups is 1. The molecule has 0 unspecified atom stereocenters. The lowest BCUT2D eigenvalue weighted by Crippen LogP contribution is -2.16. The first-order chi connectivity index (χ1) is 10.7. The van der Waals surface area contributed by atoms with E-state index in [1.54, 1.807) is 0 Å².